The fraction of sp³-hybridized carbons (Fsp3) is 0.231. The van der Waals surface area contributed by atoms with Crippen LogP contribution >= 0.6 is 0 Å². The lowest BCUT2D eigenvalue weighted by atomic mass is 10.1. The number of ketones is 1. The SMILES string of the molecule is COc1cc2ccnc(C(C)=O)c2cc1OC. The number of nitrogens with zero attached hydrogens (tertiary/aromatic N) is 1. The lowest BCUT2D eigenvalue weighted by molar-refractivity contribution is 0.101. The summed E-state index contributed by atoms with van der Waals surface area (Å²) in [4.78, 5) is 15.6. The van der Waals surface area contributed by atoms with Crippen molar-refractivity contribution in [2.24, 2.45) is 0 Å². The molecule has 0 radical (unpaired) electrons. The quantitative estimate of drug-likeness (QED) is 0.761. The fourth-order valence-corrected chi connectivity index (χ4v) is 1.78. The molecule has 0 N–H and O–H groups in total. The largest absolute Gasteiger partial charge is 0.493 e. The molecule has 2 rings (SSSR count). The summed E-state index contributed by atoms with van der Waals surface area (Å²) in [6.07, 6.45) is 1.62. The van der Waals surface area contributed by atoms with Gasteiger partial charge in [-0.2, -0.15) is 0 Å². The third-order valence-electron chi connectivity index (χ3n) is 2.60. The molecule has 1 heterocycles. The molecular weight excluding hydrogens is 218 g/mol. The Morgan fingerprint density at radius 1 is 1.18 bits per heavy atom. The number of pyridine rings is 1. The predicted molar refractivity (Wildman–Crippen MR) is 64.9 cm³/mol. The third-order valence-corrected chi connectivity index (χ3v) is 2.60. The van der Waals surface area contributed by atoms with Gasteiger partial charge in [-0.25, -0.2) is 0 Å². The summed E-state index contributed by atoms with van der Waals surface area (Å²) < 4.78 is 10.4. The predicted octanol–water partition coefficient (Wildman–Crippen LogP) is 2.45. The molecule has 1 aromatic carbocycles. The normalized spacial score (nSPS) is 10.3. The topological polar surface area (TPSA) is 48.4 Å². The first-order valence-corrected chi connectivity index (χ1v) is 5.19. The monoisotopic (exact) mass is 231 g/mol. The van der Waals surface area contributed by atoms with E-state index in [9.17, 15) is 4.79 Å². The van der Waals surface area contributed by atoms with E-state index < -0.39 is 0 Å². The summed E-state index contributed by atoms with van der Waals surface area (Å²) in [7, 11) is 3.14. The van der Waals surface area contributed by atoms with Crippen molar-refractivity contribution >= 4 is 16.6 Å². The first-order chi connectivity index (χ1) is 8.17. The smallest absolute Gasteiger partial charge is 0.178 e. The van der Waals surface area contributed by atoms with Gasteiger partial charge in [-0.1, -0.05) is 0 Å². The molecule has 0 spiro atoms. The van der Waals surface area contributed by atoms with E-state index in [4.69, 9.17) is 9.47 Å². The van der Waals surface area contributed by atoms with Gasteiger partial charge in [0.05, 0.1) is 14.2 Å². The molecule has 0 bridgehead atoms. The minimum atomic E-state index is -0.0668. The van der Waals surface area contributed by atoms with Crippen molar-refractivity contribution in [3.05, 3.63) is 30.1 Å². The highest BCUT2D eigenvalue weighted by Gasteiger charge is 2.11. The Labute approximate surface area is 99.2 Å². The second-order valence-electron chi connectivity index (χ2n) is 3.64. The highest BCUT2D eigenvalue weighted by molar-refractivity contribution is 6.05. The molecule has 0 aliphatic rings. The van der Waals surface area contributed by atoms with Crippen molar-refractivity contribution in [3.63, 3.8) is 0 Å². The van der Waals surface area contributed by atoms with Crippen LogP contribution in [0.15, 0.2) is 24.4 Å². The number of hydrogen-bond donors (Lipinski definition) is 0. The van der Waals surface area contributed by atoms with Gasteiger partial charge < -0.3 is 9.47 Å². The fourth-order valence-electron chi connectivity index (χ4n) is 1.78. The number of rotatable bonds is 3. The van der Waals surface area contributed by atoms with Gasteiger partial charge in [0.15, 0.2) is 17.3 Å². The number of aromatic nitrogens is 1. The van der Waals surface area contributed by atoms with Gasteiger partial charge in [-0.15, -0.1) is 0 Å². The standard InChI is InChI=1S/C13H13NO3/c1-8(15)13-10-7-12(17-3)11(16-2)6-9(10)4-5-14-13/h4-7H,1-3H3. The molecule has 0 aliphatic heterocycles. The molecule has 0 aliphatic carbocycles. The Morgan fingerprint density at radius 3 is 2.41 bits per heavy atom. The van der Waals surface area contributed by atoms with Crippen LogP contribution in [0.2, 0.25) is 0 Å². The maximum absolute atomic E-state index is 11.5. The molecule has 0 saturated carbocycles. The zero-order valence-corrected chi connectivity index (χ0v) is 9.98. The first-order valence-electron chi connectivity index (χ1n) is 5.19. The average Bonchev–Trinajstić information content (AvgIpc) is 2.35. The van der Waals surface area contributed by atoms with Crippen molar-refractivity contribution in [1.82, 2.24) is 4.98 Å². The molecule has 88 valence electrons. The second-order valence-corrected chi connectivity index (χ2v) is 3.64. The van der Waals surface area contributed by atoms with E-state index in [0.717, 1.165) is 10.8 Å². The number of benzene rings is 1. The zero-order valence-electron chi connectivity index (χ0n) is 9.98. The molecule has 2 aromatic rings. The van der Waals surface area contributed by atoms with E-state index >= 15 is 0 Å². The third kappa shape index (κ3) is 1.93. The highest BCUT2D eigenvalue weighted by Crippen LogP contribution is 2.32. The maximum Gasteiger partial charge on any atom is 0.178 e. The van der Waals surface area contributed by atoms with Crippen molar-refractivity contribution in [1.29, 1.82) is 0 Å². The van der Waals surface area contributed by atoms with Crippen molar-refractivity contribution < 1.29 is 14.3 Å². The summed E-state index contributed by atoms with van der Waals surface area (Å²) in [5, 5.41) is 1.68. The Balaban J connectivity index is 2.78. The lowest BCUT2D eigenvalue weighted by Gasteiger charge is -2.10. The average molecular weight is 231 g/mol. The maximum atomic E-state index is 11.5. The van der Waals surface area contributed by atoms with Gasteiger partial charge in [-0.3, -0.25) is 9.78 Å². The second kappa shape index (κ2) is 4.41. The molecule has 4 heteroatoms. The number of ether oxygens (including phenoxy) is 2. The van der Waals surface area contributed by atoms with E-state index in [1.54, 1.807) is 26.5 Å². The van der Waals surface area contributed by atoms with Gasteiger partial charge in [-0.05, 0) is 23.6 Å². The van der Waals surface area contributed by atoms with Crippen LogP contribution in [0.4, 0.5) is 0 Å². The van der Waals surface area contributed by atoms with Crippen LogP contribution in [0, 0.1) is 0 Å². The minimum absolute atomic E-state index is 0.0668. The number of carbonyl (C=O) groups is 1. The van der Waals surface area contributed by atoms with Gasteiger partial charge >= 0.3 is 0 Å². The van der Waals surface area contributed by atoms with Gasteiger partial charge in [0.1, 0.15) is 5.69 Å². The highest BCUT2D eigenvalue weighted by atomic mass is 16.5. The zero-order chi connectivity index (χ0) is 12.4. The molecule has 0 unspecified atom stereocenters. The van der Waals surface area contributed by atoms with E-state index in [1.165, 1.54) is 6.92 Å². The Bertz CT molecular complexity index is 578. The van der Waals surface area contributed by atoms with Crippen LogP contribution in [0.25, 0.3) is 10.8 Å². The molecule has 17 heavy (non-hydrogen) atoms. The number of hydrogen-bond acceptors (Lipinski definition) is 4. The van der Waals surface area contributed by atoms with E-state index in [1.807, 2.05) is 12.1 Å². The summed E-state index contributed by atoms with van der Waals surface area (Å²) in [5.74, 6) is 1.17. The minimum Gasteiger partial charge on any atom is -0.493 e. The molecular formula is C13H13NO3. The van der Waals surface area contributed by atoms with Crippen LogP contribution in [0.5, 0.6) is 11.5 Å². The summed E-state index contributed by atoms with van der Waals surface area (Å²) >= 11 is 0. The molecule has 4 nitrogen and oxygen atoms in total. The van der Waals surface area contributed by atoms with E-state index in [2.05, 4.69) is 4.98 Å². The van der Waals surface area contributed by atoms with E-state index in [-0.39, 0.29) is 5.78 Å². The molecule has 0 saturated heterocycles. The van der Waals surface area contributed by atoms with Gasteiger partial charge in [0, 0.05) is 18.5 Å². The van der Waals surface area contributed by atoms with Crippen LogP contribution in [-0.4, -0.2) is 25.0 Å². The summed E-state index contributed by atoms with van der Waals surface area (Å²) in [6.45, 7) is 1.50. The van der Waals surface area contributed by atoms with Crippen LogP contribution in [0.3, 0.4) is 0 Å². The van der Waals surface area contributed by atoms with Crippen LogP contribution < -0.4 is 9.47 Å². The van der Waals surface area contributed by atoms with Gasteiger partial charge in [0.2, 0.25) is 0 Å². The summed E-state index contributed by atoms with van der Waals surface area (Å²) in [6, 6.07) is 5.45. The van der Waals surface area contributed by atoms with E-state index in [0.29, 0.717) is 17.2 Å². The van der Waals surface area contributed by atoms with Crippen molar-refractivity contribution in [2.75, 3.05) is 14.2 Å². The van der Waals surface area contributed by atoms with Crippen molar-refractivity contribution in [2.45, 2.75) is 6.92 Å². The van der Waals surface area contributed by atoms with Crippen LogP contribution in [-0.2, 0) is 0 Å². The lowest BCUT2D eigenvalue weighted by Crippen LogP contribution is -1.98. The van der Waals surface area contributed by atoms with Gasteiger partial charge in [0.25, 0.3) is 0 Å². The Kier molecular flexibility index (Phi) is 2.95. The Hall–Kier alpha value is -2.10. The number of methoxy groups -OCH3 is 2. The first kappa shape index (κ1) is 11.4. The molecule has 0 fully saturated rings. The molecule has 0 atom stereocenters. The molecule has 0 amide bonds. The number of Topliss-reactive ketones (excluding diaryl/α,β-unsaturated/α-hetero) is 1. The number of fused-ring (bicyclic) bond motifs is 1. The summed E-state index contributed by atoms with van der Waals surface area (Å²) in [5.41, 5.74) is 0.448. The number of carbonyl (C=O) groups excluding carboxylic acids is 1. The van der Waals surface area contributed by atoms with Crippen LogP contribution in [0.1, 0.15) is 17.4 Å². The molecule has 1 aromatic heterocycles. The van der Waals surface area contributed by atoms with Crippen molar-refractivity contribution in [3.8, 4) is 11.5 Å². The Morgan fingerprint density at radius 2 is 1.82 bits per heavy atom.